The van der Waals surface area contributed by atoms with Gasteiger partial charge < -0.3 is 0 Å². The minimum absolute atomic E-state index is 0.657. The van der Waals surface area contributed by atoms with Crippen molar-refractivity contribution in [2.45, 2.75) is 36.2 Å². The highest BCUT2D eigenvalue weighted by Gasteiger charge is 2.30. The van der Waals surface area contributed by atoms with Crippen LogP contribution in [-0.4, -0.2) is 22.0 Å². The van der Waals surface area contributed by atoms with E-state index in [1.54, 1.807) is 0 Å². The third-order valence-corrected chi connectivity index (χ3v) is 5.80. The van der Waals surface area contributed by atoms with Crippen LogP contribution >= 0.6 is 37.0 Å². The third kappa shape index (κ3) is 3.60. The third-order valence-electron chi connectivity index (χ3n) is 2.91. The molecule has 0 aliphatic heterocycles. The lowest BCUT2D eigenvalue weighted by molar-refractivity contribution is 0.821. The highest BCUT2D eigenvalue weighted by molar-refractivity contribution is 8.00. The Bertz CT molecular complexity index is 146. The molecule has 2 unspecified atom stereocenters. The zero-order valence-corrected chi connectivity index (χ0v) is 10.5. The first-order valence-corrected chi connectivity index (χ1v) is 7.40. The predicted molar refractivity (Wildman–Crippen MR) is 68.3 cm³/mol. The summed E-state index contributed by atoms with van der Waals surface area (Å²) in [5.41, 5.74) is 0. The molecule has 0 N–H and O–H groups in total. The fraction of sp³-hybridized carbons (Fsp3) is 1.00. The molecule has 0 heterocycles. The Balaban J connectivity index is 1.51. The summed E-state index contributed by atoms with van der Waals surface area (Å²) in [6.07, 6.45) is 5.67. The molecule has 2 rings (SSSR count). The van der Waals surface area contributed by atoms with Crippen molar-refractivity contribution in [3.63, 3.8) is 0 Å². The molecule has 0 aromatic carbocycles. The Kier molecular flexibility index (Phi) is 3.83. The van der Waals surface area contributed by atoms with Crippen LogP contribution in [0.5, 0.6) is 0 Å². The molecule has 2 aliphatic rings. The number of thioether (sulfide) groups is 1. The van der Waals surface area contributed by atoms with E-state index < -0.39 is 0 Å². The lowest BCUT2D eigenvalue weighted by Crippen LogP contribution is -2.10. The van der Waals surface area contributed by atoms with Crippen LogP contribution in [0.1, 0.15) is 25.7 Å². The fourth-order valence-electron chi connectivity index (χ4n) is 1.54. The summed E-state index contributed by atoms with van der Waals surface area (Å²) in [5, 5.41) is 1.31. The highest BCUT2D eigenvalue weighted by Crippen LogP contribution is 2.39. The molecule has 0 spiro atoms. The van der Waals surface area contributed by atoms with Crippen LogP contribution < -0.4 is 0 Å². The Morgan fingerprint density at radius 2 is 1.31 bits per heavy atom. The molecule has 0 amide bonds. The lowest BCUT2D eigenvalue weighted by Gasteiger charge is -2.11. The molecule has 2 saturated carbocycles. The van der Waals surface area contributed by atoms with Gasteiger partial charge in [-0.2, -0.15) is 37.0 Å². The van der Waals surface area contributed by atoms with Gasteiger partial charge in [0.1, 0.15) is 0 Å². The fourth-order valence-corrected chi connectivity index (χ4v) is 3.94. The zero-order chi connectivity index (χ0) is 9.26. The SMILES string of the molecule is SC(CSCC(S)C1CC1)C1CC1. The molecular weight excluding hydrogens is 216 g/mol. The van der Waals surface area contributed by atoms with Crippen molar-refractivity contribution < 1.29 is 0 Å². The number of hydrogen-bond acceptors (Lipinski definition) is 3. The Morgan fingerprint density at radius 3 is 1.62 bits per heavy atom. The van der Waals surface area contributed by atoms with Crippen LogP contribution in [0.4, 0.5) is 0 Å². The maximum Gasteiger partial charge on any atom is 0.0136 e. The van der Waals surface area contributed by atoms with Crippen LogP contribution in [0.15, 0.2) is 0 Å². The standard InChI is InChI=1S/C10H18S3/c11-9(7-1-2-7)5-13-6-10(12)8-3-4-8/h7-12H,1-6H2. The monoisotopic (exact) mass is 234 g/mol. The molecule has 2 atom stereocenters. The van der Waals surface area contributed by atoms with Gasteiger partial charge in [-0.1, -0.05) is 0 Å². The van der Waals surface area contributed by atoms with Crippen molar-refractivity contribution in [2.75, 3.05) is 11.5 Å². The summed E-state index contributed by atoms with van der Waals surface area (Å²) in [6.45, 7) is 0. The van der Waals surface area contributed by atoms with Gasteiger partial charge in [0.2, 0.25) is 0 Å². The second kappa shape index (κ2) is 4.71. The molecule has 0 saturated heterocycles. The van der Waals surface area contributed by atoms with Crippen LogP contribution in [0.2, 0.25) is 0 Å². The molecule has 0 aromatic rings. The Labute approximate surface area is 96.4 Å². The van der Waals surface area contributed by atoms with Crippen molar-refractivity contribution in [2.24, 2.45) is 11.8 Å². The quantitative estimate of drug-likeness (QED) is 0.666. The van der Waals surface area contributed by atoms with Gasteiger partial charge >= 0.3 is 0 Å². The van der Waals surface area contributed by atoms with Gasteiger partial charge in [-0.25, -0.2) is 0 Å². The Morgan fingerprint density at radius 1 is 0.923 bits per heavy atom. The van der Waals surface area contributed by atoms with Gasteiger partial charge in [0.25, 0.3) is 0 Å². The second-order valence-corrected chi connectivity index (χ2v) is 6.75. The van der Waals surface area contributed by atoms with Crippen molar-refractivity contribution in [1.29, 1.82) is 0 Å². The van der Waals surface area contributed by atoms with Crippen molar-refractivity contribution in [3.8, 4) is 0 Å². The molecule has 13 heavy (non-hydrogen) atoms. The predicted octanol–water partition coefficient (Wildman–Crippen LogP) is 3.14. The van der Waals surface area contributed by atoms with E-state index in [9.17, 15) is 0 Å². The zero-order valence-electron chi connectivity index (χ0n) is 7.85. The second-order valence-electron chi connectivity index (χ2n) is 4.35. The number of thiol groups is 2. The smallest absolute Gasteiger partial charge is 0.0136 e. The van der Waals surface area contributed by atoms with Gasteiger partial charge in [-0.3, -0.25) is 0 Å². The summed E-state index contributed by atoms with van der Waals surface area (Å²) in [6, 6.07) is 0. The van der Waals surface area contributed by atoms with Gasteiger partial charge in [-0.15, -0.1) is 0 Å². The molecule has 0 radical (unpaired) electrons. The molecule has 2 aliphatic carbocycles. The van der Waals surface area contributed by atoms with E-state index in [4.69, 9.17) is 0 Å². The first kappa shape index (κ1) is 10.6. The van der Waals surface area contributed by atoms with Gasteiger partial charge in [-0.05, 0) is 37.5 Å². The van der Waals surface area contributed by atoms with E-state index in [0.717, 1.165) is 11.8 Å². The summed E-state index contributed by atoms with van der Waals surface area (Å²) in [7, 11) is 0. The molecule has 0 aromatic heterocycles. The van der Waals surface area contributed by atoms with Gasteiger partial charge in [0.15, 0.2) is 0 Å². The van der Waals surface area contributed by atoms with Crippen LogP contribution in [0.3, 0.4) is 0 Å². The maximum atomic E-state index is 4.61. The minimum Gasteiger partial charge on any atom is -0.175 e. The van der Waals surface area contributed by atoms with Crippen molar-refractivity contribution in [1.82, 2.24) is 0 Å². The van der Waals surface area contributed by atoms with Crippen LogP contribution in [0.25, 0.3) is 0 Å². The highest BCUT2D eigenvalue weighted by atomic mass is 32.2. The van der Waals surface area contributed by atoms with E-state index in [-0.39, 0.29) is 0 Å². The maximum absolute atomic E-state index is 4.61. The molecule has 2 fully saturated rings. The van der Waals surface area contributed by atoms with E-state index >= 15 is 0 Å². The average molecular weight is 234 g/mol. The van der Waals surface area contributed by atoms with Crippen molar-refractivity contribution in [3.05, 3.63) is 0 Å². The summed E-state index contributed by atoms with van der Waals surface area (Å²) >= 11 is 11.3. The number of rotatable bonds is 6. The first-order chi connectivity index (χ1) is 6.27. The largest absolute Gasteiger partial charge is 0.175 e. The van der Waals surface area contributed by atoms with E-state index in [1.807, 2.05) is 0 Å². The first-order valence-electron chi connectivity index (χ1n) is 5.21. The summed E-state index contributed by atoms with van der Waals surface area (Å²) in [5.74, 6) is 4.35. The topological polar surface area (TPSA) is 0 Å². The molecular formula is C10H18S3. The van der Waals surface area contributed by atoms with Crippen LogP contribution in [-0.2, 0) is 0 Å². The molecule has 3 heteroatoms. The summed E-state index contributed by atoms with van der Waals surface area (Å²) in [4.78, 5) is 0. The average Bonchev–Trinajstić information content (AvgIpc) is 2.95. The van der Waals surface area contributed by atoms with Gasteiger partial charge in [0, 0.05) is 22.0 Å². The lowest BCUT2D eigenvalue weighted by atomic mass is 10.3. The van der Waals surface area contributed by atoms with Crippen LogP contribution in [0, 0.1) is 11.8 Å². The van der Waals surface area contributed by atoms with Crippen molar-refractivity contribution >= 4 is 37.0 Å². The molecule has 0 bridgehead atoms. The number of hydrogen-bond donors (Lipinski definition) is 2. The minimum atomic E-state index is 0.657. The van der Waals surface area contributed by atoms with E-state index in [1.165, 1.54) is 37.2 Å². The Hall–Kier alpha value is 1.05. The van der Waals surface area contributed by atoms with E-state index in [2.05, 4.69) is 37.0 Å². The summed E-state index contributed by atoms with van der Waals surface area (Å²) < 4.78 is 0. The molecule has 0 nitrogen and oxygen atoms in total. The van der Waals surface area contributed by atoms with E-state index in [0.29, 0.717) is 10.5 Å². The van der Waals surface area contributed by atoms with Gasteiger partial charge in [0.05, 0.1) is 0 Å². The molecule has 76 valence electrons. The normalized spacial score (nSPS) is 27.2.